The minimum absolute atomic E-state index is 0.0194. The zero-order valence-electron chi connectivity index (χ0n) is 9.83. The molecule has 0 heterocycles. The summed E-state index contributed by atoms with van der Waals surface area (Å²) >= 11 is 0. The average Bonchev–Trinajstić information content (AvgIpc) is 2.28. The van der Waals surface area contributed by atoms with Gasteiger partial charge in [0.25, 0.3) is 0 Å². The predicted molar refractivity (Wildman–Crippen MR) is 60.8 cm³/mol. The van der Waals surface area contributed by atoms with E-state index in [0.29, 0.717) is 19.6 Å². The van der Waals surface area contributed by atoms with Gasteiger partial charge in [-0.25, -0.2) is 8.78 Å². The minimum Gasteiger partial charge on any atom is -0.385 e. The van der Waals surface area contributed by atoms with Crippen LogP contribution in [0.25, 0.3) is 0 Å². The van der Waals surface area contributed by atoms with Gasteiger partial charge in [0.15, 0.2) is 11.6 Å². The number of benzene rings is 1. The van der Waals surface area contributed by atoms with E-state index >= 15 is 0 Å². The highest BCUT2D eigenvalue weighted by Gasteiger charge is 2.14. The maximum absolute atomic E-state index is 13.6. The molecule has 17 heavy (non-hydrogen) atoms. The minimum atomic E-state index is -0.721. The zero-order valence-corrected chi connectivity index (χ0v) is 9.83. The van der Waals surface area contributed by atoms with Gasteiger partial charge in [-0.05, 0) is 18.6 Å². The fourth-order valence-electron chi connectivity index (χ4n) is 1.55. The first-order chi connectivity index (χ1) is 8.10. The van der Waals surface area contributed by atoms with Crippen LogP contribution < -0.4 is 4.90 Å². The summed E-state index contributed by atoms with van der Waals surface area (Å²) in [5, 5.41) is 8.58. The lowest BCUT2D eigenvalue weighted by Gasteiger charge is -2.20. The van der Waals surface area contributed by atoms with E-state index in [1.807, 2.05) is 0 Å². The SMILES string of the molecule is COCCCN(C)c1c(F)cc(C#N)cc1F. The first kappa shape index (κ1) is 13.4. The van der Waals surface area contributed by atoms with E-state index in [0.717, 1.165) is 12.1 Å². The van der Waals surface area contributed by atoms with Gasteiger partial charge in [0, 0.05) is 27.3 Å². The van der Waals surface area contributed by atoms with Crippen LogP contribution in [0.1, 0.15) is 12.0 Å². The van der Waals surface area contributed by atoms with E-state index in [-0.39, 0.29) is 11.3 Å². The van der Waals surface area contributed by atoms with Gasteiger partial charge in [-0.15, -0.1) is 0 Å². The standard InChI is InChI=1S/C12H14F2N2O/c1-16(4-3-5-17-2)12-10(13)6-9(8-15)7-11(12)14/h6-7H,3-5H2,1-2H3. The molecule has 1 aromatic carbocycles. The Labute approximate surface area is 99.2 Å². The van der Waals surface area contributed by atoms with Crippen LogP contribution in [0.15, 0.2) is 12.1 Å². The fourth-order valence-corrected chi connectivity index (χ4v) is 1.55. The van der Waals surface area contributed by atoms with Crippen molar-refractivity contribution < 1.29 is 13.5 Å². The van der Waals surface area contributed by atoms with Crippen molar-refractivity contribution in [2.24, 2.45) is 0 Å². The molecule has 0 amide bonds. The summed E-state index contributed by atoms with van der Waals surface area (Å²) in [6, 6.07) is 3.77. The van der Waals surface area contributed by atoms with E-state index in [1.54, 1.807) is 20.2 Å². The third-order valence-corrected chi connectivity index (χ3v) is 2.37. The molecule has 0 aliphatic heterocycles. The van der Waals surface area contributed by atoms with E-state index in [4.69, 9.17) is 10.00 Å². The van der Waals surface area contributed by atoms with Crippen LogP contribution >= 0.6 is 0 Å². The molecule has 0 aliphatic rings. The quantitative estimate of drug-likeness (QED) is 0.741. The molecule has 0 aliphatic carbocycles. The molecule has 0 atom stereocenters. The van der Waals surface area contributed by atoms with Crippen LogP contribution in [0, 0.1) is 23.0 Å². The van der Waals surface area contributed by atoms with Crippen molar-refractivity contribution in [3.8, 4) is 6.07 Å². The largest absolute Gasteiger partial charge is 0.385 e. The summed E-state index contributed by atoms with van der Waals surface area (Å²) in [5.41, 5.74) is -0.130. The van der Waals surface area contributed by atoms with Crippen molar-refractivity contribution >= 4 is 5.69 Å². The number of methoxy groups -OCH3 is 1. The third-order valence-electron chi connectivity index (χ3n) is 2.37. The first-order valence-electron chi connectivity index (χ1n) is 5.19. The number of nitriles is 1. The normalized spacial score (nSPS) is 10.1. The Bertz CT molecular complexity index is 406. The molecule has 1 rings (SSSR count). The van der Waals surface area contributed by atoms with E-state index in [2.05, 4.69) is 0 Å². The van der Waals surface area contributed by atoms with E-state index < -0.39 is 11.6 Å². The van der Waals surface area contributed by atoms with Crippen LogP contribution in [0.2, 0.25) is 0 Å². The van der Waals surface area contributed by atoms with Crippen molar-refractivity contribution in [1.82, 2.24) is 0 Å². The smallest absolute Gasteiger partial charge is 0.150 e. The average molecular weight is 240 g/mol. The Morgan fingerprint density at radius 3 is 2.41 bits per heavy atom. The van der Waals surface area contributed by atoms with Gasteiger partial charge in [0.2, 0.25) is 0 Å². The molecular weight excluding hydrogens is 226 g/mol. The highest BCUT2D eigenvalue weighted by molar-refractivity contribution is 5.52. The van der Waals surface area contributed by atoms with Crippen LogP contribution in [0.4, 0.5) is 14.5 Å². The molecule has 92 valence electrons. The summed E-state index contributed by atoms with van der Waals surface area (Å²) in [7, 11) is 3.17. The van der Waals surface area contributed by atoms with Gasteiger partial charge < -0.3 is 9.64 Å². The number of ether oxygens (including phenoxy) is 1. The summed E-state index contributed by atoms with van der Waals surface area (Å²) in [5.74, 6) is -1.44. The third kappa shape index (κ3) is 3.40. The van der Waals surface area contributed by atoms with Gasteiger partial charge in [-0.3, -0.25) is 0 Å². The molecule has 1 aromatic rings. The van der Waals surface area contributed by atoms with Crippen LogP contribution in [-0.2, 0) is 4.74 Å². The maximum Gasteiger partial charge on any atom is 0.150 e. The molecule has 0 N–H and O–H groups in total. The molecule has 0 saturated heterocycles. The Kier molecular flexibility index (Phi) is 4.85. The van der Waals surface area contributed by atoms with Crippen LogP contribution in [0.3, 0.4) is 0 Å². The molecule has 0 fully saturated rings. The number of hydrogen-bond donors (Lipinski definition) is 0. The van der Waals surface area contributed by atoms with Gasteiger partial charge in [0.05, 0.1) is 11.6 Å². The van der Waals surface area contributed by atoms with Crippen LogP contribution in [0.5, 0.6) is 0 Å². The zero-order chi connectivity index (χ0) is 12.8. The van der Waals surface area contributed by atoms with Gasteiger partial charge in [0.1, 0.15) is 5.69 Å². The molecule has 5 heteroatoms. The van der Waals surface area contributed by atoms with Crippen molar-refractivity contribution in [2.75, 3.05) is 32.2 Å². The molecule has 0 unspecified atom stereocenters. The Morgan fingerprint density at radius 2 is 1.94 bits per heavy atom. The van der Waals surface area contributed by atoms with Crippen molar-refractivity contribution in [2.45, 2.75) is 6.42 Å². The second-order valence-electron chi connectivity index (χ2n) is 3.67. The summed E-state index contributed by atoms with van der Waals surface area (Å²) in [6.45, 7) is 1.01. The number of halogens is 2. The molecule has 0 spiro atoms. The Morgan fingerprint density at radius 1 is 1.35 bits per heavy atom. The summed E-state index contributed by atoms with van der Waals surface area (Å²) in [4.78, 5) is 1.48. The number of nitrogens with zero attached hydrogens (tertiary/aromatic N) is 2. The Hall–Kier alpha value is -1.67. The second-order valence-corrected chi connectivity index (χ2v) is 3.67. The van der Waals surface area contributed by atoms with Gasteiger partial charge in [-0.2, -0.15) is 5.26 Å². The maximum atomic E-state index is 13.6. The first-order valence-corrected chi connectivity index (χ1v) is 5.19. The molecule has 0 bridgehead atoms. The topological polar surface area (TPSA) is 36.3 Å². The van der Waals surface area contributed by atoms with E-state index in [9.17, 15) is 8.78 Å². The number of anilines is 1. The predicted octanol–water partition coefficient (Wildman–Crippen LogP) is 2.31. The molecule has 0 saturated carbocycles. The van der Waals surface area contributed by atoms with Crippen molar-refractivity contribution in [3.05, 3.63) is 29.3 Å². The Balaban J connectivity index is 2.87. The fraction of sp³-hybridized carbons (Fsp3) is 0.417. The highest BCUT2D eigenvalue weighted by Crippen LogP contribution is 2.23. The van der Waals surface area contributed by atoms with Crippen molar-refractivity contribution in [3.63, 3.8) is 0 Å². The highest BCUT2D eigenvalue weighted by atomic mass is 19.1. The lowest BCUT2D eigenvalue weighted by Crippen LogP contribution is -2.22. The number of rotatable bonds is 5. The van der Waals surface area contributed by atoms with Gasteiger partial charge >= 0.3 is 0 Å². The second kappa shape index (κ2) is 6.16. The molecular formula is C12H14F2N2O. The van der Waals surface area contributed by atoms with Gasteiger partial charge in [-0.1, -0.05) is 0 Å². The van der Waals surface area contributed by atoms with Crippen LogP contribution in [-0.4, -0.2) is 27.3 Å². The summed E-state index contributed by atoms with van der Waals surface area (Å²) in [6.07, 6.45) is 0.673. The number of hydrogen-bond acceptors (Lipinski definition) is 3. The lowest BCUT2D eigenvalue weighted by atomic mass is 10.2. The summed E-state index contributed by atoms with van der Waals surface area (Å²) < 4.78 is 32.1. The lowest BCUT2D eigenvalue weighted by molar-refractivity contribution is 0.196. The van der Waals surface area contributed by atoms with E-state index in [1.165, 1.54) is 4.90 Å². The molecule has 3 nitrogen and oxygen atoms in total. The monoisotopic (exact) mass is 240 g/mol. The van der Waals surface area contributed by atoms with Crippen molar-refractivity contribution in [1.29, 1.82) is 5.26 Å². The molecule has 0 aromatic heterocycles. The molecule has 0 radical (unpaired) electrons.